The highest BCUT2D eigenvalue weighted by atomic mass is 79.9. The molecule has 1 heterocycles. The van der Waals surface area contributed by atoms with Gasteiger partial charge in [0.25, 0.3) is 11.6 Å². The van der Waals surface area contributed by atoms with E-state index in [0.717, 1.165) is 18.3 Å². The second-order valence-corrected chi connectivity index (χ2v) is 6.08. The maximum Gasteiger partial charge on any atom is 0.284 e. The Morgan fingerprint density at radius 1 is 1.38 bits per heavy atom. The highest BCUT2D eigenvalue weighted by Crippen LogP contribution is 2.32. The predicted molar refractivity (Wildman–Crippen MR) is 94.6 cm³/mol. The third kappa shape index (κ3) is 3.75. The van der Waals surface area contributed by atoms with Crippen LogP contribution in [-0.4, -0.2) is 34.9 Å². The molecule has 0 spiro atoms. The molecule has 0 fully saturated rings. The van der Waals surface area contributed by atoms with Crippen molar-refractivity contribution in [3.05, 3.63) is 56.5 Å². The van der Waals surface area contributed by atoms with Crippen molar-refractivity contribution < 1.29 is 24.3 Å². The number of halogens is 1. The number of nitrogens with one attached hydrogen (secondary N) is 1. The molecule has 0 saturated heterocycles. The number of fused-ring (bicyclic) bond motifs is 1. The molecule has 9 nitrogen and oxygen atoms in total. The van der Waals surface area contributed by atoms with Gasteiger partial charge in [-0.05, 0) is 28.1 Å². The summed E-state index contributed by atoms with van der Waals surface area (Å²) in [5.41, 5.74) is 2.09. The van der Waals surface area contributed by atoms with Gasteiger partial charge in [-0.3, -0.25) is 14.9 Å². The predicted octanol–water partition coefficient (Wildman–Crippen LogP) is 2.35. The summed E-state index contributed by atoms with van der Waals surface area (Å²) < 4.78 is 11.1. The molecule has 1 unspecified atom stereocenters. The molecule has 2 aromatic rings. The van der Waals surface area contributed by atoms with Crippen LogP contribution in [0.1, 0.15) is 5.56 Å². The van der Waals surface area contributed by atoms with Gasteiger partial charge < -0.3 is 14.6 Å². The highest BCUT2D eigenvalue weighted by molar-refractivity contribution is 9.10. The summed E-state index contributed by atoms with van der Waals surface area (Å²) in [6.07, 6.45) is 0.204. The number of nitro groups is 1. The van der Waals surface area contributed by atoms with Crippen LogP contribution in [-0.2, 0) is 4.79 Å². The Hall–Kier alpha value is -3.14. The fourth-order valence-corrected chi connectivity index (χ4v) is 2.66. The van der Waals surface area contributed by atoms with Crippen LogP contribution in [0.25, 0.3) is 0 Å². The van der Waals surface area contributed by atoms with Crippen LogP contribution < -0.4 is 14.9 Å². The molecule has 2 N–H and O–H groups in total. The number of phenolic OH excluding ortho intramolecular Hbond substituents is 1. The summed E-state index contributed by atoms with van der Waals surface area (Å²) in [6, 6.07) is 9.24. The summed E-state index contributed by atoms with van der Waals surface area (Å²) in [7, 11) is 0. The number of ether oxygens (including phenoxy) is 2. The lowest BCUT2D eigenvalue weighted by Gasteiger charge is -2.24. The Bertz CT molecular complexity index is 902. The summed E-state index contributed by atoms with van der Waals surface area (Å²) >= 11 is 3.02. The smallest absolute Gasteiger partial charge is 0.284 e. The molecule has 0 aromatic heterocycles. The van der Waals surface area contributed by atoms with Crippen LogP contribution in [0.3, 0.4) is 0 Å². The zero-order valence-corrected chi connectivity index (χ0v) is 14.7. The number of nitro benzene ring substituents is 1. The van der Waals surface area contributed by atoms with E-state index < -0.39 is 16.9 Å². The molecule has 1 atom stereocenters. The number of phenols is 1. The SMILES string of the molecule is O=C(NN=Cc1cc([N+](=O)[O-])cc(Br)c1O)C1COc2ccccc2O1. The number of para-hydroxylation sites is 2. The first kappa shape index (κ1) is 17.7. The molecule has 1 amide bonds. The van der Waals surface area contributed by atoms with Gasteiger partial charge in [0, 0.05) is 17.7 Å². The average molecular weight is 422 g/mol. The fourth-order valence-electron chi connectivity index (χ4n) is 2.20. The van der Waals surface area contributed by atoms with E-state index in [9.17, 15) is 20.0 Å². The Labute approximate surface area is 155 Å². The molecule has 0 radical (unpaired) electrons. The molecule has 10 heteroatoms. The monoisotopic (exact) mass is 421 g/mol. The number of carbonyl (C=O) groups is 1. The van der Waals surface area contributed by atoms with E-state index >= 15 is 0 Å². The summed E-state index contributed by atoms with van der Waals surface area (Å²) in [5.74, 6) is 0.203. The second-order valence-electron chi connectivity index (χ2n) is 5.22. The first-order valence-corrected chi connectivity index (χ1v) is 8.13. The first-order valence-electron chi connectivity index (χ1n) is 7.34. The number of amides is 1. The van der Waals surface area contributed by atoms with Gasteiger partial charge in [-0.2, -0.15) is 5.10 Å². The number of rotatable bonds is 4. The van der Waals surface area contributed by atoms with E-state index in [2.05, 4.69) is 26.5 Å². The largest absolute Gasteiger partial charge is 0.506 e. The fraction of sp³-hybridized carbons (Fsp3) is 0.125. The molecule has 0 saturated carbocycles. The Morgan fingerprint density at radius 3 is 2.85 bits per heavy atom. The van der Waals surface area contributed by atoms with Crippen LogP contribution in [0.15, 0.2) is 46.0 Å². The standard InChI is InChI=1S/C16H12BrN3O6/c17-11-6-10(20(23)24)5-9(15(11)21)7-18-19-16(22)14-8-25-12-3-1-2-4-13(12)26-14/h1-7,14,21H,8H2,(H,19,22). The Kier molecular flexibility index (Phi) is 5.03. The van der Waals surface area contributed by atoms with Crippen molar-refractivity contribution >= 4 is 33.7 Å². The molecular formula is C16H12BrN3O6. The van der Waals surface area contributed by atoms with Gasteiger partial charge in [0.05, 0.1) is 15.6 Å². The summed E-state index contributed by atoms with van der Waals surface area (Å²) in [4.78, 5) is 22.4. The molecular weight excluding hydrogens is 410 g/mol. The third-order valence-electron chi connectivity index (χ3n) is 3.47. The minimum absolute atomic E-state index is 0.0198. The minimum Gasteiger partial charge on any atom is -0.506 e. The molecule has 2 aromatic carbocycles. The van der Waals surface area contributed by atoms with E-state index in [1.165, 1.54) is 0 Å². The van der Waals surface area contributed by atoms with Crippen molar-refractivity contribution in [3.63, 3.8) is 0 Å². The molecule has 1 aliphatic heterocycles. The van der Waals surface area contributed by atoms with Gasteiger partial charge >= 0.3 is 0 Å². The van der Waals surface area contributed by atoms with Crippen LogP contribution in [0.5, 0.6) is 17.2 Å². The average Bonchev–Trinajstić information content (AvgIpc) is 2.64. The molecule has 0 bridgehead atoms. The van der Waals surface area contributed by atoms with Gasteiger partial charge in [-0.15, -0.1) is 0 Å². The summed E-state index contributed by atoms with van der Waals surface area (Å²) in [5, 5.41) is 24.5. The lowest BCUT2D eigenvalue weighted by Crippen LogP contribution is -2.42. The van der Waals surface area contributed by atoms with Crippen molar-refractivity contribution in [1.82, 2.24) is 5.43 Å². The van der Waals surface area contributed by atoms with Gasteiger partial charge in [0.2, 0.25) is 6.10 Å². The van der Waals surface area contributed by atoms with Crippen molar-refractivity contribution in [2.45, 2.75) is 6.10 Å². The van der Waals surface area contributed by atoms with Crippen molar-refractivity contribution in [3.8, 4) is 17.2 Å². The molecule has 26 heavy (non-hydrogen) atoms. The lowest BCUT2D eigenvalue weighted by atomic mass is 10.2. The van der Waals surface area contributed by atoms with Gasteiger partial charge in [0.1, 0.15) is 12.4 Å². The number of nitrogens with zero attached hydrogens (tertiary/aromatic N) is 2. The van der Waals surface area contributed by atoms with E-state index in [-0.39, 0.29) is 28.1 Å². The Morgan fingerprint density at radius 2 is 2.12 bits per heavy atom. The van der Waals surface area contributed by atoms with E-state index in [4.69, 9.17) is 9.47 Å². The quantitative estimate of drug-likeness (QED) is 0.443. The second kappa shape index (κ2) is 7.40. The van der Waals surface area contributed by atoms with Crippen molar-refractivity contribution in [2.75, 3.05) is 6.61 Å². The van der Waals surface area contributed by atoms with Crippen LogP contribution in [0, 0.1) is 10.1 Å². The number of carbonyl (C=O) groups excluding carboxylic acids is 1. The van der Waals surface area contributed by atoms with Crippen LogP contribution in [0.4, 0.5) is 5.69 Å². The zero-order valence-electron chi connectivity index (χ0n) is 13.1. The number of non-ortho nitro benzene ring substituents is 1. The maximum absolute atomic E-state index is 12.1. The number of benzene rings is 2. The first-order chi connectivity index (χ1) is 12.5. The lowest BCUT2D eigenvalue weighted by molar-refractivity contribution is -0.385. The minimum atomic E-state index is -0.896. The molecule has 0 aliphatic carbocycles. The summed E-state index contributed by atoms with van der Waals surface area (Å²) in [6.45, 7) is 0.0198. The van der Waals surface area contributed by atoms with Gasteiger partial charge in [0.15, 0.2) is 11.5 Å². The zero-order chi connectivity index (χ0) is 18.7. The molecule has 134 valence electrons. The maximum atomic E-state index is 12.1. The molecule has 3 rings (SSSR count). The van der Waals surface area contributed by atoms with Crippen molar-refractivity contribution in [2.24, 2.45) is 5.10 Å². The van der Waals surface area contributed by atoms with E-state index in [1.54, 1.807) is 24.3 Å². The number of hydrazone groups is 1. The Balaban J connectivity index is 1.68. The molecule has 1 aliphatic rings. The number of aromatic hydroxyl groups is 1. The van der Waals surface area contributed by atoms with E-state index in [1.807, 2.05) is 0 Å². The third-order valence-corrected chi connectivity index (χ3v) is 4.07. The number of hydrogen-bond donors (Lipinski definition) is 2. The van der Waals surface area contributed by atoms with Crippen LogP contribution in [0.2, 0.25) is 0 Å². The highest BCUT2D eigenvalue weighted by Gasteiger charge is 2.27. The van der Waals surface area contributed by atoms with Crippen LogP contribution >= 0.6 is 15.9 Å². The topological polar surface area (TPSA) is 123 Å². The normalized spacial score (nSPS) is 15.7. The van der Waals surface area contributed by atoms with Gasteiger partial charge in [-0.1, -0.05) is 12.1 Å². The van der Waals surface area contributed by atoms with E-state index in [0.29, 0.717) is 11.5 Å². The van der Waals surface area contributed by atoms with Crippen molar-refractivity contribution in [1.29, 1.82) is 0 Å². The van der Waals surface area contributed by atoms with Gasteiger partial charge in [-0.25, -0.2) is 5.43 Å². The number of hydrogen-bond acceptors (Lipinski definition) is 7.